The Morgan fingerprint density at radius 3 is 2.54 bits per heavy atom. The molecule has 1 aromatic rings. The van der Waals surface area contributed by atoms with Crippen LogP contribution in [0, 0.1) is 12.8 Å². The highest BCUT2D eigenvalue weighted by atomic mass is 16.5. The number of aryl methyl sites for hydroxylation is 1. The van der Waals surface area contributed by atoms with Crippen molar-refractivity contribution in [3.05, 3.63) is 29.3 Å². The van der Waals surface area contributed by atoms with Gasteiger partial charge in [-0.1, -0.05) is 31.9 Å². The number of benzene rings is 1. The van der Waals surface area contributed by atoms with Gasteiger partial charge in [0, 0.05) is 0 Å². The number of methoxy groups -OCH3 is 1. The van der Waals surface area contributed by atoms with Crippen LogP contribution in [0.3, 0.4) is 0 Å². The zero-order valence-corrected chi connectivity index (χ0v) is 14.3. The molecule has 132 valence electrons. The van der Waals surface area contributed by atoms with E-state index in [9.17, 15) is 19.5 Å². The fourth-order valence-corrected chi connectivity index (χ4v) is 2.03. The predicted octanol–water partition coefficient (Wildman–Crippen LogP) is 1.56. The van der Waals surface area contributed by atoms with Gasteiger partial charge in [0.25, 0.3) is 5.91 Å². The summed E-state index contributed by atoms with van der Waals surface area (Å²) in [5.41, 5.74) is 0.751. The van der Waals surface area contributed by atoms with Crippen LogP contribution in [-0.4, -0.2) is 42.7 Å². The van der Waals surface area contributed by atoms with Crippen LogP contribution in [0.4, 0.5) is 0 Å². The van der Waals surface area contributed by atoms with Gasteiger partial charge in [0.2, 0.25) is 0 Å². The smallest absolute Gasteiger partial charge is 0.342 e. The molecule has 0 fully saturated rings. The summed E-state index contributed by atoms with van der Waals surface area (Å²) in [6.45, 7) is 4.89. The number of aromatic hydroxyl groups is 1. The lowest BCUT2D eigenvalue weighted by atomic mass is 9.99. The molecule has 0 aliphatic carbocycles. The van der Waals surface area contributed by atoms with Crippen LogP contribution >= 0.6 is 0 Å². The normalized spacial score (nSPS) is 12.8. The fourth-order valence-electron chi connectivity index (χ4n) is 2.03. The number of esters is 2. The lowest BCUT2D eigenvalue weighted by Crippen LogP contribution is -2.47. The Hall–Kier alpha value is -2.57. The summed E-state index contributed by atoms with van der Waals surface area (Å²) >= 11 is 0. The van der Waals surface area contributed by atoms with Gasteiger partial charge in [-0.05, 0) is 25.0 Å². The summed E-state index contributed by atoms with van der Waals surface area (Å²) in [5.74, 6) is -2.34. The van der Waals surface area contributed by atoms with E-state index < -0.39 is 30.5 Å². The van der Waals surface area contributed by atoms with Crippen LogP contribution < -0.4 is 5.32 Å². The van der Waals surface area contributed by atoms with E-state index in [1.165, 1.54) is 19.2 Å². The summed E-state index contributed by atoms with van der Waals surface area (Å²) in [7, 11) is 1.24. The molecule has 0 aromatic heterocycles. The van der Waals surface area contributed by atoms with Gasteiger partial charge in [0.15, 0.2) is 6.61 Å². The number of rotatable bonds is 7. The van der Waals surface area contributed by atoms with Gasteiger partial charge < -0.3 is 19.9 Å². The third-order valence-electron chi connectivity index (χ3n) is 3.69. The topological polar surface area (TPSA) is 102 Å². The highest BCUT2D eigenvalue weighted by Crippen LogP contribution is 2.19. The summed E-state index contributed by atoms with van der Waals surface area (Å²) in [6.07, 6.45) is 0.664. The molecular formula is C17H23NO6. The molecule has 1 amide bonds. The van der Waals surface area contributed by atoms with Gasteiger partial charge in [-0.15, -0.1) is 0 Å². The molecule has 0 bridgehead atoms. The minimum atomic E-state index is -0.815. The number of amides is 1. The minimum Gasteiger partial charge on any atom is -0.507 e. The average Bonchev–Trinajstić information content (AvgIpc) is 2.58. The van der Waals surface area contributed by atoms with Gasteiger partial charge in [-0.3, -0.25) is 4.79 Å². The van der Waals surface area contributed by atoms with Crippen molar-refractivity contribution in [2.45, 2.75) is 33.2 Å². The van der Waals surface area contributed by atoms with Gasteiger partial charge in [0.05, 0.1) is 7.11 Å². The SMILES string of the molecule is CCC(C)C(NC(=O)COC(=O)c1cc(C)ccc1O)C(=O)OC. The number of hydrogen-bond acceptors (Lipinski definition) is 6. The Labute approximate surface area is 141 Å². The molecule has 0 aliphatic rings. The first-order valence-electron chi connectivity index (χ1n) is 7.64. The summed E-state index contributed by atoms with van der Waals surface area (Å²) < 4.78 is 9.56. The second-order valence-corrected chi connectivity index (χ2v) is 5.55. The van der Waals surface area contributed by atoms with E-state index in [-0.39, 0.29) is 17.2 Å². The number of carbonyl (C=O) groups is 3. The number of nitrogens with one attached hydrogen (secondary N) is 1. The molecule has 0 saturated carbocycles. The molecule has 7 heteroatoms. The molecule has 2 unspecified atom stereocenters. The van der Waals surface area contributed by atoms with Crippen LogP contribution in [0.1, 0.15) is 36.2 Å². The molecule has 2 N–H and O–H groups in total. The Balaban J connectivity index is 2.66. The molecule has 24 heavy (non-hydrogen) atoms. The Kier molecular flexibility index (Phi) is 7.23. The Bertz CT molecular complexity index is 613. The standard InChI is InChI=1S/C17H23NO6/c1-5-11(3)15(17(22)23-4)18-14(20)9-24-16(21)12-8-10(2)6-7-13(12)19/h6-8,11,15,19H,5,9H2,1-4H3,(H,18,20). The lowest BCUT2D eigenvalue weighted by molar-refractivity contribution is -0.147. The van der Waals surface area contributed by atoms with E-state index >= 15 is 0 Å². The minimum absolute atomic E-state index is 0.0192. The van der Waals surface area contributed by atoms with Gasteiger partial charge in [0.1, 0.15) is 17.4 Å². The predicted molar refractivity (Wildman–Crippen MR) is 86.5 cm³/mol. The van der Waals surface area contributed by atoms with Crippen molar-refractivity contribution >= 4 is 17.8 Å². The third-order valence-corrected chi connectivity index (χ3v) is 3.69. The molecule has 0 aliphatic heterocycles. The molecule has 0 heterocycles. The molecule has 1 rings (SSSR count). The summed E-state index contributed by atoms with van der Waals surface area (Å²) in [4.78, 5) is 35.6. The highest BCUT2D eigenvalue weighted by molar-refractivity contribution is 5.94. The summed E-state index contributed by atoms with van der Waals surface area (Å²) in [6, 6.07) is 3.68. The van der Waals surface area contributed by atoms with E-state index in [0.717, 1.165) is 5.56 Å². The van der Waals surface area contributed by atoms with Crippen molar-refractivity contribution in [2.75, 3.05) is 13.7 Å². The van der Waals surface area contributed by atoms with Crippen LogP contribution in [0.25, 0.3) is 0 Å². The molecule has 7 nitrogen and oxygen atoms in total. The zero-order valence-electron chi connectivity index (χ0n) is 14.3. The molecule has 0 spiro atoms. The van der Waals surface area contributed by atoms with Crippen LogP contribution in [0.2, 0.25) is 0 Å². The first-order chi connectivity index (χ1) is 11.3. The molecule has 0 saturated heterocycles. The van der Waals surface area contributed by atoms with Gasteiger partial charge >= 0.3 is 11.9 Å². The largest absolute Gasteiger partial charge is 0.507 e. The number of phenolic OH excluding ortho intramolecular Hbond substituents is 1. The van der Waals surface area contributed by atoms with Crippen LogP contribution in [0.5, 0.6) is 5.75 Å². The Morgan fingerprint density at radius 1 is 1.29 bits per heavy atom. The lowest BCUT2D eigenvalue weighted by Gasteiger charge is -2.21. The van der Waals surface area contributed by atoms with E-state index in [1.807, 2.05) is 6.92 Å². The number of hydrogen-bond donors (Lipinski definition) is 2. The molecule has 1 aromatic carbocycles. The average molecular weight is 337 g/mol. The van der Waals surface area contributed by atoms with Gasteiger partial charge in [-0.2, -0.15) is 0 Å². The zero-order chi connectivity index (χ0) is 18.3. The fraction of sp³-hybridized carbons (Fsp3) is 0.471. The quantitative estimate of drug-likeness (QED) is 0.732. The second kappa shape index (κ2) is 8.90. The Morgan fingerprint density at radius 2 is 1.96 bits per heavy atom. The summed E-state index contributed by atoms with van der Waals surface area (Å²) in [5, 5.41) is 12.2. The number of carbonyl (C=O) groups excluding carboxylic acids is 3. The maximum absolute atomic E-state index is 11.9. The van der Waals surface area contributed by atoms with Crippen molar-refractivity contribution in [1.29, 1.82) is 0 Å². The van der Waals surface area contributed by atoms with Crippen molar-refractivity contribution in [3.8, 4) is 5.75 Å². The van der Waals surface area contributed by atoms with Crippen molar-refractivity contribution in [2.24, 2.45) is 5.92 Å². The van der Waals surface area contributed by atoms with E-state index in [2.05, 4.69) is 10.1 Å². The van der Waals surface area contributed by atoms with Crippen molar-refractivity contribution in [1.82, 2.24) is 5.32 Å². The number of ether oxygens (including phenoxy) is 2. The third kappa shape index (κ3) is 5.26. The number of phenols is 1. The second-order valence-electron chi connectivity index (χ2n) is 5.55. The van der Waals surface area contributed by atoms with Crippen molar-refractivity contribution < 1.29 is 29.0 Å². The maximum atomic E-state index is 11.9. The maximum Gasteiger partial charge on any atom is 0.342 e. The molecular weight excluding hydrogens is 314 g/mol. The highest BCUT2D eigenvalue weighted by Gasteiger charge is 2.27. The monoisotopic (exact) mass is 337 g/mol. The van der Waals surface area contributed by atoms with Crippen LogP contribution in [-0.2, 0) is 19.1 Å². The van der Waals surface area contributed by atoms with E-state index in [0.29, 0.717) is 6.42 Å². The van der Waals surface area contributed by atoms with Crippen molar-refractivity contribution in [3.63, 3.8) is 0 Å². The van der Waals surface area contributed by atoms with E-state index in [4.69, 9.17) is 4.74 Å². The van der Waals surface area contributed by atoms with Crippen LogP contribution in [0.15, 0.2) is 18.2 Å². The first-order valence-corrected chi connectivity index (χ1v) is 7.64. The molecule has 2 atom stereocenters. The van der Waals surface area contributed by atoms with E-state index in [1.54, 1.807) is 19.9 Å². The van der Waals surface area contributed by atoms with Gasteiger partial charge in [-0.25, -0.2) is 9.59 Å². The first kappa shape index (κ1) is 19.5. The molecule has 0 radical (unpaired) electrons.